The number of nitrogens with zero attached hydrogens (tertiary/aromatic N) is 2. The third-order valence-corrected chi connectivity index (χ3v) is 6.98. The van der Waals surface area contributed by atoms with Crippen LogP contribution in [-0.2, 0) is 6.54 Å². The van der Waals surface area contributed by atoms with Crippen molar-refractivity contribution in [3.05, 3.63) is 108 Å². The van der Waals surface area contributed by atoms with Crippen LogP contribution in [-0.4, -0.2) is 41.3 Å². The molecule has 41 heavy (non-hydrogen) atoms. The largest absolute Gasteiger partial charge is 0.573 e. The first-order valence-corrected chi connectivity index (χ1v) is 13.4. The maximum Gasteiger partial charge on any atom is 0.573 e. The Labute approximate surface area is 236 Å². The van der Waals surface area contributed by atoms with Crippen LogP contribution in [0.1, 0.15) is 34.3 Å². The van der Waals surface area contributed by atoms with Crippen LogP contribution >= 0.6 is 0 Å². The lowest BCUT2D eigenvalue weighted by Gasteiger charge is -2.32. The molecule has 6 nitrogen and oxygen atoms in total. The number of carbonyl (C=O) groups is 1. The van der Waals surface area contributed by atoms with Gasteiger partial charge in [0.05, 0.1) is 0 Å². The molecule has 2 heterocycles. The monoisotopic (exact) mass is 561 g/mol. The molecule has 1 amide bonds. The van der Waals surface area contributed by atoms with Crippen molar-refractivity contribution in [2.45, 2.75) is 38.8 Å². The van der Waals surface area contributed by atoms with Crippen molar-refractivity contribution in [3.63, 3.8) is 0 Å². The molecular weight excluding hydrogens is 531 g/mol. The molecule has 0 spiro atoms. The van der Waals surface area contributed by atoms with Crippen LogP contribution in [0.3, 0.4) is 0 Å². The summed E-state index contributed by atoms with van der Waals surface area (Å²) in [4.78, 5) is 19.8. The number of anilines is 1. The fourth-order valence-corrected chi connectivity index (χ4v) is 5.03. The molecule has 0 radical (unpaired) electrons. The average Bonchev–Trinajstić information content (AvgIpc) is 2.94. The Kier molecular flexibility index (Phi) is 8.54. The molecule has 1 fully saturated rings. The fraction of sp³-hybridized carbons (Fsp3) is 0.250. The van der Waals surface area contributed by atoms with Crippen molar-refractivity contribution >= 4 is 11.6 Å². The summed E-state index contributed by atoms with van der Waals surface area (Å²) in [6.07, 6.45) is 0.742. The summed E-state index contributed by atoms with van der Waals surface area (Å²) in [6, 6.07) is 22.2. The highest BCUT2D eigenvalue weighted by Crippen LogP contribution is 2.32. The van der Waals surface area contributed by atoms with Gasteiger partial charge in [0.15, 0.2) is 0 Å². The van der Waals surface area contributed by atoms with Crippen molar-refractivity contribution in [2.75, 3.05) is 18.4 Å². The van der Waals surface area contributed by atoms with Gasteiger partial charge in [0.2, 0.25) is 0 Å². The van der Waals surface area contributed by atoms with Crippen molar-refractivity contribution < 1.29 is 27.4 Å². The lowest BCUT2D eigenvalue weighted by molar-refractivity contribution is -0.274. The zero-order chi connectivity index (χ0) is 28.8. The number of halogens is 3. The molecule has 0 bridgehead atoms. The van der Waals surface area contributed by atoms with E-state index in [0.717, 1.165) is 38.0 Å². The summed E-state index contributed by atoms with van der Waals surface area (Å²) in [6.45, 7) is 4.61. The fourth-order valence-electron chi connectivity index (χ4n) is 5.03. The molecule has 9 heteroatoms. The smallest absolute Gasteiger partial charge is 0.490 e. The van der Waals surface area contributed by atoms with E-state index in [1.165, 1.54) is 29.8 Å². The van der Waals surface area contributed by atoms with E-state index < -0.39 is 6.36 Å². The van der Waals surface area contributed by atoms with Crippen LogP contribution in [0.5, 0.6) is 11.5 Å². The number of alkyl halides is 3. The van der Waals surface area contributed by atoms with Gasteiger partial charge < -0.3 is 14.8 Å². The molecule has 0 saturated carbocycles. The number of piperidine rings is 1. The van der Waals surface area contributed by atoms with Gasteiger partial charge in [-0.05, 0) is 84.5 Å². The van der Waals surface area contributed by atoms with Crippen LogP contribution in [0.4, 0.5) is 18.9 Å². The molecule has 5 rings (SSSR count). The number of aromatic nitrogens is 1. The zero-order valence-corrected chi connectivity index (χ0v) is 22.5. The number of nitrogens with one attached hydrogen (secondary N) is 1. The van der Waals surface area contributed by atoms with Gasteiger partial charge >= 0.3 is 6.36 Å². The summed E-state index contributed by atoms with van der Waals surface area (Å²) in [5.41, 5.74) is 4.29. The van der Waals surface area contributed by atoms with E-state index in [9.17, 15) is 18.0 Å². The molecule has 1 aliphatic heterocycles. The predicted octanol–water partition coefficient (Wildman–Crippen LogP) is 7.25. The zero-order valence-electron chi connectivity index (χ0n) is 22.5. The number of amides is 1. The minimum absolute atomic E-state index is 0.0855. The van der Waals surface area contributed by atoms with Gasteiger partial charge in [0.1, 0.15) is 17.6 Å². The molecule has 1 aliphatic rings. The number of hydrogen-bond acceptors (Lipinski definition) is 5. The Balaban J connectivity index is 1.23. The quantitative estimate of drug-likeness (QED) is 0.246. The maximum atomic E-state index is 13.4. The summed E-state index contributed by atoms with van der Waals surface area (Å²) in [5, 5.41) is 2.94. The lowest BCUT2D eigenvalue weighted by atomic mass is 9.94. The molecule has 0 unspecified atom stereocenters. The highest BCUT2D eigenvalue weighted by Gasteiger charge is 2.31. The number of hydrogen-bond donors (Lipinski definition) is 1. The Morgan fingerprint density at radius 2 is 1.66 bits per heavy atom. The number of benzene rings is 3. The van der Waals surface area contributed by atoms with Crippen LogP contribution in [0, 0.1) is 6.92 Å². The maximum absolute atomic E-state index is 13.4. The minimum atomic E-state index is -4.77. The Hall–Kier alpha value is -4.37. The number of rotatable bonds is 8. The topological polar surface area (TPSA) is 63.7 Å². The first kappa shape index (κ1) is 28.2. The Morgan fingerprint density at radius 1 is 0.951 bits per heavy atom. The number of aryl methyl sites for hydroxylation is 1. The molecule has 0 aliphatic carbocycles. The first-order chi connectivity index (χ1) is 19.7. The number of carbonyl (C=O) groups excluding carboxylic acids is 1. The van der Waals surface area contributed by atoms with Gasteiger partial charge in [-0.3, -0.25) is 14.7 Å². The van der Waals surface area contributed by atoms with Gasteiger partial charge in [-0.15, -0.1) is 13.2 Å². The molecule has 1 N–H and O–H groups in total. The number of likely N-dealkylation sites (tertiary alicyclic amines) is 1. The average molecular weight is 562 g/mol. The first-order valence-electron chi connectivity index (χ1n) is 13.4. The lowest BCUT2D eigenvalue weighted by Crippen LogP contribution is -2.37. The Morgan fingerprint density at radius 3 is 2.37 bits per heavy atom. The van der Waals surface area contributed by atoms with Crippen LogP contribution in [0.2, 0.25) is 0 Å². The second kappa shape index (κ2) is 12.4. The minimum Gasteiger partial charge on any atom is -0.490 e. The standard InChI is InChI=1S/C32H30F3N3O3/c1-22-4-2-7-29(30(22)24-8-10-27(11-9-24)41-32(33,34)35)31(39)37-25-5-3-6-28(20-25)40-26-14-18-38(19-15-26)21-23-12-16-36-17-13-23/h2-13,16-17,20,26H,14-15,18-19,21H2,1H3,(H,37,39). The van der Waals surface area contributed by atoms with E-state index in [0.29, 0.717) is 28.1 Å². The van der Waals surface area contributed by atoms with E-state index in [4.69, 9.17) is 4.74 Å². The SMILES string of the molecule is Cc1cccc(C(=O)Nc2cccc(OC3CCN(Cc4ccncc4)CC3)c2)c1-c1ccc(OC(F)(F)F)cc1. The van der Waals surface area contributed by atoms with Gasteiger partial charge in [-0.2, -0.15) is 0 Å². The molecule has 4 aromatic rings. The molecule has 1 aromatic heterocycles. The molecule has 3 aromatic carbocycles. The number of pyridine rings is 1. The third-order valence-electron chi connectivity index (χ3n) is 6.98. The molecular formula is C32H30F3N3O3. The molecule has 1 saturated heterocycles. The van der Waals surface area contributed by atoms with E-state index >= 15 is 0 Å². The van der Waals surface area contributed by atoms with Crippen LogP contribution in [0.15, 0.2) is 91.3 Å². The van der Waals surface area contributed by atoms with Crippen molar-refractivity contribution in [3.8, 4) is 22.6 Å². The normalized spacial score (nSPS) is 14.4. The van der Waals surface area contributed by atoms with Crippen LogP contribution < -0.4 is 14.8 Å². The number of ether oxygens (including phenoxy) is 2. The van der Waals surface area contributed by atoms with E-state index in [2.05, 4.69) is 19.9 Å². The highest BCUT2D eigenvalue weighted by atomic mass is 19.4. The highest BCUT2D eigenvalue weighted by molar-refractivity contribution is 6.09. The summed E-state index contributed by atoms with van der Waals surface area (Å²) < 4.78 is 47.9. The second-order valence-corrected chi connectivity index (χ2v) is 10.0. The van der Waals surface area contributed by atoms with Crippen molar-refractivity contribution in [1.82, 2.24) is 9.88 Å². The Bertz CT molecular complexity index is 1470. The molecule has 0 atom stereocenters. The van der Waals surface area contributed by atoms with Crippen molar-refractivity contribution in [1.29, 1.82) is 0 Å². The van der Waals surface area contributed by atoms with Gasteiger partial charge in [0.25, 0.3) is 5.91 Å². The van der Waals surface area contributed by atoms with E-state index in [-0.39, 0.29) is 17.8 Å². The summed E-state index contributed by atoms with van der Waals surface area (Å²) in [7, 11) is 0. The van der Waals surface area contributed by atoms with Crippen LogP contribution in [0.25, 0.3) is 11.1 Å². The van der Waals surface area contributed by atoms with Gasteiger partial charge in [0, 0.05) is 49.3 Å². The van der Waals surface area contributed by atoms with Crippen molar-refractivity contribution in [2.24, 2.45) is 0 Å². The predicted molar refractivity (Wildman–Crippen MR) is 151 cm³/mol. The molecule has 212 valence electrons. The van der Waals surface area contributed by atoms with E-state index in [1.54, 1.807) is 24.3 Å². The summed E-state index contributed by atoms with van der Waals surface area (Å²) >= 11 is 0. The van der Waals surface area contributed by atoms with Gasteiger partial charge in [-0.1, -0.05) is 30.3 Å². The third kappa shape index (κ3) is 7.64. The van der Waals surface area contributed by atoms with E-state index in [1.807, 2.05) is 49.6 Å². The van der Waals surface area contributed by atoms with Gasteiger partial charge in [-0.25, -0.2) is 0 Å². The summed E-state index contributed by atoms with van der Waals surface area (Å²) in [5.74, 6) is 0.0260. The second-order valence-electron chi connectivity index (χ2n) is 10.0.